The van der Waals surface area contributed by atoms with E-state index < -0.39 is 6.09 Å². The van der Waals surface area contributed by atoms with Gasteiger partial charge in [-0.25, -0.2) is 9.59 Å². The lowest BCUT2D eigenvalue weighted by molar-refractivity contribution is -0.122. The van der Waals surface area contributed by atoms with Crippen molar-refractivity contribution in [2.45, 2.75) is 31.7 Å². The molecule has 1 aliphatic heterocycles. The zero-order chi connectivity index (χ0) is 26.3. The van der Waals surface area contributed by atoms with Gasteiger partial charge in [-0.05, 0) is 67.6 Å². The van der Waals surface area contributed by atoms with Crippen molar-refractivity contribution in [3.63, 3.8) is 0 Å². The second-order valence-electron chi connectivity index (χ2n) is 8.63. The average Bonchev–Trinajstić information content (AvgIpc) is 2.87. The Kier molecular flexibility index (Phi) is 12.1. The number of ether oxygens (including phenoxy) is 1. The summed E-state index contributed by atoms with van der Waals surface area (Å²) in [6, 6.07) is 16.1. The molecule has 1 fully saturated rings. The van der Waals surface area contributed by atoms with E-state index in [4.69, 9.17) is 20.4 Å². The molecule has 0 radical (unpaired) electrons. The summed E-state index contributed by atoms with van der Waals surface area (Å²) >= 11 is 0. The van der Waals surface area contributed by atoms with E-state index >= 15 is 0 Å². The molecular weight excluding hydrogens is 462 g/mol. The third-order valence-electron chi connectivity index (χ3n) is 5.72. The van der Waals surface area contributed by atoms with Crippen molar-refractivity contribution in [2.24, 2.45) is 5.73 Å². The van der Waals surface area contributed by atoms with Crippen LogP contribution >= 0.6 is 0 Å². The molecule has 10 heteroatoms. The Morgan fingerprint density at radius 3 is 2.17 bits per heavy atom. The fraction of sp³-hybridized carbons (Fsp3) is 0.423. The zero-order valence-corrected chi connectivity index (χ0v) is 21.0. The van der Waals surface area contributed by atoms with Crippen LogP contribution in [-0.2, 0) is 17.6 Å². The topological polar surface area (TPSA) is 137 Å². The highest BCUT2D eigenvalue weighted by atomic mass is 16.6. The number of nitrogens with one attached hydrogen (secondary N) is 2. The summed E-state index contributed by atoms with van der Waals surface area (Å²) in [5, 5.41) is 13.5. The van der Waals surface area contributed by atoms with E-state index in [0.29, 0.717) is 31.3 Å². The first-order valence-corrected chi connectivity index (χ1v) is 12.0. The quantitative estimate of drug-likeness (QED) is 0.410. The fourth-order valence-corrected chi connectivity index (χ4v) is 3.74. The molecule has 0 spiro atoms. The highest BCUT2D eigenvalue weighted by Gasteiger charge is 2.22. The van der Waals surface area contributed by atoms with Crippen LogP contribution < -0.4 is 21.1 Å². The van der Waals surface area contributed by atoms with Crippen LogP contribution in [0.2, 0.25) is 0 Å². The molecule has 36 heavy (non-hydrogen) atoms. The molecule has 1 heterocycles. The molecule has 0 saturated carbocycles. The molecule has 0 aliphatic carbocycles. The Morgan fingerprint density at radius 1 is 1.06 bits per heavy atom. The molecule has 1 aliphatic rings. The first-order chi connectivity index (χ1) is 17.4. The Labute approximate surface area is 212 Å². The minimum Gasteiger partial charge on any atom is -0.483 e. The largest absolute Gasteiger partial charge is 0.483 e. The molecule has 0 unspecified atom stereocenters. The van der Waals surface area contributed by atoms with E-state index in [-0.39, 0.29) is 12.5 Å². The number of carboxylic acid groups (broad SMARTS) is 1. The van der Waals surface area contributed by atoms with Crippen LogP contribution in [0.1, 0.15) is 24.0 Å². The van der Waals surface area contributed by atoms with Crippen LogP contribution in [0.5, 0.6) is 5.75 Å². The van der Waals surface area contributed by atoms with Gasteiger partial charge in [0.05, 0.1) is 0 Å². The molecule has 1 saturated heterocycles. The van der Waals surface area contributed by atoms with Crippen LogP contribution in [0.15, 0.2) is 48.5 Å². The molecule has 3 rings (SSSR count). The summed E-state index contributed by atoms with van der Waals surface area (Å²) in [6.45, 7) is 2.44. The number of hydrogen-bond acceptors (Lipinski definition) is 6. The summed E-state index contributed by atoms with van der Waals surface area (Å²) in [4.78, 5) is 35.7. The van der Waals surface area contributed by atoms with E-state index in [1.807, 2.05) is 17.0 Å². The second kappa shape index (κ2) is 15.3. The Balaban J connectivity index is 0.00000145. The molecule has 0 aromatic heterocycles. The minimum atomic E-state index is -0.408. The maximum absolute atomic E-state index is 12.5. The van der Waals surface area contributed by atoms with Crippen LogP contribution in [0.3, 0.4) is 0 Å². The molecule has 5 N–H and O–H groups in total. The highest BCUT2D eigenvalue weighted by molar-refractivity contribution is 5.74. The SMILES string of the molecule is CN(C)C(=O)Oc1ccc(CCNC(=O)N2CCC(Nc3ccc(CCN)cc3)CC2)cc1.O=CO. The Hall–Kier alpha value is -3.79. The second-order valence-corrected chi connectivity index (χ2v) is 8.63. The van der Waals surface area contributed by atoms with Gasteiger partial charge in [-0.1, -0.05) is 24.3 Å². The summed E-state index contributed by atoms with van der Waals surface area (Å²) in [6.07, 6.45) is 3.04. The number of rotatable bonds is 8. The third kappa shape index (κ3) is 9.83. The van der Waals surface area contributed by atoms with Crippen molar-refractivity contribution in [3.05, 3.63) is 59.7 Å². The predicted molar refractivity (Wildman–Crippen MR) is 139 cm³/mol. The molecule has 3 amide bonds. The van der Waals surface area contributed by atoms with Crippen molar-refractivity contribution in [2.75, 3.05) is 45.6 Å². The van der Waals surface area contributed by atoms with Gasteiger partial charge in [0.2, 0.25) is 0 Å². The molecule has 0 atom stereocenters. The van der Waals surface area contributed by atoms with Gasteiger partial charge < -0.3 is 36.0 Å². The third-order valence-corrected chi connectivity index (χ3v) is 5.72. The monoisotopic (exact) mass is 499 g/mol. The maximum Gasteiger partial charge on any atom is 0.414 e. The van der Waals surface area contributed by atoms with Gasteiger partial charge in [0, 0.05) is 45.5 Å². The highest BCUT2D eigenvalue weighted by Crippen LogP contribution is 2.18. The van der Waals surface area contributed by atoms with Crippen molar-refractivity contribution in [1.82, 2.24) is 15.1 Å². The number of amides is 3. The number of likely N-dealkylation sites (tertiary alicyclic amines) is 1. The van der Waals surface area contributed by atoms with Gasteiger partial charge in [0.1, 0.15) is 5.75 Å². The summed E-state index contributed by atoms with van der Waals surface area (Å²) in [5.74, 6) is 0.504. The van der Waals surface area contributed by atoms with E-state index in [1.165, 1.54) is 10.5 Å². The minimum absolute atomic E-state index is 0.0175. The van der Waals surface area contributed by atoms with Gasteiger partial charge in [0.15, 0.2) is 0 Å². The number of hydrogen-bond donors (Lipinski definition) is 4. The number of carbonyl (C=O) groups is 3. The average molecular weight is 500 g/mol. The molecule has 2 aromatic rings. The number of benzene rings is 2. The predicted octanol–water partition coefficient (Wildman–Crippen LogP) is 2.78. The first kappa shape index (κ1) is 28.4. The van der Waals surface area contributed by atoms with Crippen LogP contribution in [0.25, 0.3) is 0 Å². The van der Waals surface area contributed by atoms with Gasteiger partial charge in [-0.15, -0.1) is 0 Å². The van der Waals surface area contributed by atoms with Crippen molar-refractivity contribution >= 4 is 24.3 Å². The maximum atomic E-state index is 12.5. The van der Waals surface area contributed by atoms with E-state index in [1.54, 1.807) is 26.2 Å². The number of anilines is 1. The molecule has 10 nitrogen and oxygen atoms in total. The lowest BCUT2D eigenvalue weighted by atomic mass is 10.0. The van der Waals surface area contributed by atoms with Crippen molar-refractivity contribution < 1.29 is 24.2 Å². The fourth-order valence-electron chi connectivity index (χ4n) is 3.74. The van der Waals surface area contributed by atoms with Crippen molar-refractivity contribution in [1.29, 1.82) is 0 Å². The number of piperidine rings is 1. The standard InChI is InChI=1S/C25H35N5O3.CH2O2/c1-29(2)25(32)33-23-9-5-20(6-10-23)12-16-27-24(31)30-17-13-22(14-18-30)28-21-7-3-19(4-8-21)11-15-26;2-1-3/h3-10,22,28H,11-18,26H2,1-2H3,(H,27,31);1H,(H,2,3). The summed E-state index contributed by atoms with van der Waals surface area (Å²) < 4.78 is 5.21. The first-order valence-electron chi connectivity index (χ1n) is 12.0. The van der Waals surface area contributed by atoms with Gasteiger partial charge in [-0.2, -0.15) is 0 Å². The van der Waals surface area contributed by atoms with Crippen molar-refractivity contribution in [3.8, 4) is 5.75 Å². The van der Waals surface area contributed by atoms with Crippen LogP contribution in [0.4, 0.5) is 15.3 Å². The molecule has 2 aromatic carbocycles. The number of carbonyl (C=O) groups excluding carboxylic acids is 2. The van der Waals surface area contributed by atoms with Gasteiger partial charge in [-0.3, -0.25) is 4.79 Å². The molecule has 0 bridgehead atoms. The van der Waals surface area contributed by atoms with Crippen LogP contribution in [-0.4, -0.2) is 79.8 Å². The normalized spacial score (nSPS) is 13.1. The van der Waals surface area contributed by atoms with Crippen LogP contribution in [0, 0.1) is 0 Å². The number of urea groups is 1. The van der Waals surface area contributed by atoms with E-state index in [2.05, 4.69) is 34.9 Å². The summed E-state index contributed by atoms with van der Waals surface area (Å²) in [7, 11) is 3.28. The van der Waals surface area contributed by atoms with Gasteiger partial charge in [0.25, 0.3) is 6.47 Å². The lowest BCUT2D eigenvalue weighted by Gasteiger charge is -2.33. The zero-order valence-electron chi connectivity index (χ0n) is 21.0. The Morgan fingerprint density at radius 2 is 1.61 bits per heavy atom. The Bertz CT molecular complexity index is 942. The van der Waals surface area contributed by atoms with E-state index in [0.717, 1.165) is 43.6 Å². The van der Waals surface area contributed by atoms with Gasteiger partial charge >= 0.3 is 12.1 Å². The molecule has 196 valence electrons. The number of nitrogens with zero attached hydrogens (tertiary/aromatic N) is 2. The lowest BCUT2D eigenvalue weighted by Crippen LogP contribution is -2.47. The smallest absolute Gasteiger partial charge is 0.414 e. The molecular formula is C26H37N5O5. The summed E-state index contributed by atoms with van der Waals surface area (Å²) in [5.41, 5.74) is 9.03. The van der Waals surface area contributed by atoms with E-state index in [9.17, 15) is 9.59 Å². The number of nitrogens with two attached hydrogens (primary N) is 1.